The van der Waals surface area contributed by atoms with E-state index in [9.17, 15) is 0 Å². The van der Waals surface area contributed by atoms with Crippen molar-refractivity contribution < 1.29 is 9.47 Å². The Balaban J connectivity index is 1.65. The smallest absolute Gasteiger partial charge is 0.164 e. The summed E-state index contributed by atoms with van der Waals surface area (Å²) in [6.07, 6.45) is 2.02. The van der Waals surface area contributed by atoms with Gasteiger partial charge in [0.1, 0.15) is 6.61 Å². The number of hydrogen-bond acceptors (Lipinski definition) is 4. The average Bonchev–Trinajstić information content (AvgIpc) is 2.69. The Labute approximate surface area is 177 Å². The minimum Gasteiger partial charge on any atom is -0.493 e. The van der Waals surface area contributed by atoms with Crippen molar-refractivity contribution in [2.75, 3.05) is 46.9 Å². The first-order valence-corrected chi connectivity index (χ1v) is 10.5. The molecule has 6 heteroatoms. The summed E-state index contributed by atoms with van der Waals surface area (Å²) < 4.78 is 11.7. The Morgan fingerprint density at radius 1 is 0.964 bits per heavy atom. The second-order valence-corrected chi connectivity index (χ2v) is 8.00. The van der Waals surface area contributed by atoms with Gasteiger partial charge in [0.15, 0.2) is 11.5 Å². The van der Waals surface area contributed by atoms with Crippen LogP contribution in [0.4, 0.5) is 0 Å². The van der Waals surface area contributed by atoms with Gasteiger partial charge >= 0.3 is 0 Å². The molecule has 152 valence electrons. The Morgan fingerprint density at radius 2 is 1.64 bits per heavy atom. The van der Waals surface area contributed by atoms with Crippen molar-refractivity contribution in [1.29, 1.82) is 0 Å². The molecule has 2 aromatic carbocycles. The van der Waals surface area contributed by atoms with Crippen molar-refractivity contribution in [2.24, 2.45) is 0 Å². The highest BCUT2D eigenvalue weighted by Crippen LogP contribution is 2.34. The summed E-state index contributed by atoms with van der Waals surface area (Å²) in [5, 5.41) is 1.22. The highest BCUT2D eigenvalue weighted by atomic mass is 35.5. The summed E-state index contributed by atoms with van der Waals surface area (Å²) in [6, 6.07) is 11.5. The molecule has 0 aliphatic carbocycles. The molecule has 1 aliphatic rings. The number of halogens is 2. The predicted molar refractivity (Wildman–Crippen MR) is 116 cm³/mol. The zero-order valence-electron chi connectivity index (χ0n) is 16.6. The third-order valence-corrected chi connectivity index (χ3v) is 5.93. The molecule has 0 radical (unpaired) electrons. The van der Waals surface area contributed by atoms with Gasteiger partial charge in [0.2, 0.25) is 0 Å². The molecule has 0 N–H and O–H groups in total. The van der Waals surface area contributed by atoms with Crippen LogP contribution in [-0.4, -0.2) is 56.7 Å². The summed E-state index contributed by atoms with van der Waals surface area (Å²) in [5.41, 5.74) is 1.94. The van der Waals surface area contributed by atoms with Crippen molar-refractivity contribution in [2.45, 2.75) is 19.4 Å². The van der Waals surface area contributed by atoms with E-state index in [1.165, 1.54) is 0 Å². The number of piperazine rings is 1. The normalized spacial score (nSPS) is 15.6. The van der Waals surface area contributed by atoms with Gasteiger partial charge < -0.3 is 19.3 Å². The monoisotopic (exact) mass is 422 g/mol. The number of ether oxygens (including phenoxy) is 2. The molecule has 28 heavy (non-hydrogen) atoms. The van der Waals surface area contributed by atoms with Gasteiger partial charge in [-0.25, -0.2) is 0 Å². The van der Waals surface area contributed by atoms with Gasteiger partial charge in [0, 0.05) is 41.8 Å². The zero-order chi connectivity index (χ0) is 19.9. The lowest BCUT2D eigenvalue weighted by Crippen LogP contribution is -2.44. The lowest BCUT2D eigenvalue weighted by Gasteiger charge is -2.32. The molecule has 0 spiro atoms. The molecule has 0 unspecified atom stereocenters. The fourth-order valence-corrected chi connectivity index (χ4v) is 3.97. The Kier molecular flexibility index (Phi) is 7.86. The van der Waals surface area contributed by atoms with E-state index in [4.69, 9.17) is 32.7 Å². The quantitative estimate of drug-likeness (QED) is 0.611. The summed E-state index contributed by atoms with van der Waals surface area (Å²) in [4.78, 5) is 4.91. The lowest BCUT2D eigenvalue weighted by molar-refractivity contribution is 0.153. The topological polar surface area (TPSA) is 24.9 Å². The fourth-order valence-electron chi connectivity index (χ4n) is 3.46. The van der Waals surface area contributed by atoms with Crippen molar-refractivity contribution in [3.63, 3.8) is 0 Å². The van der Waals surface area contributed by atoms with E-state index in [1.54, 1.807) is 7.11 Å². The van der Waals surface area contributed by atoms with Crippen molar-refractivity contribution in [1.82, 2.24) is 9.80 Å². The zero-order valence-corrected chi connectivity index (χ0v) is 18.1. The van der Waals surface area contributed by atoms with Crippen LogP contribution in [0.5, 0.6) is 11.5 Å². The van der Waals surface area contributed by atoms with E-state index in [0.717, 1.165) is 68.2 Å². The van der Waals surface area contributed by atoms with Crippen LogP contribution in [0, 0.1) is 0 Å². The standard InChI is InChI=1S/C22H28Cl2N2O2/c1-25-12-14-26(15-13-25)11-5-7-17-6-3-10-21(27-2)22(17)28-16-18-19(23)8-4-9-20(18)24/h3-4,6,8-10H,5,7,11-16H2,1-2H3. The molecule has 0 amide bonds. The third-order valence-electron chi connectivity index (χ3n) is 5.22. The molecular formula is C22H28Cl2N2O2. The Hall–Kier alpha value is -1.46. The van der Waals surface area contributed by atoms with E-state index >= 15 is 0 Å². The average molecular weight is 423 g/mol. The maximum atomic E-state index is 6.28. The van der Waals surface area contributed by atoms with Crippen molar-refractivity contribution in [3.05, 3.63) is 57.6 Å². The van der Waals surface area contributed by atoms with Crippen LogP contribution in [0.15, 0.2) is 36.4 Å². The van der Waals surface area contributed by atoms with Gasteiger partial charge in [-0.1, -0.05) is 41.4 Å². The highest BCUT2D eigenvalue weighted by Gasteiger charge is 2.16. The summed E-state index contributed by atoms with van der Waals surface area (Å²) >= 11 is 12.6. The van der Waals surface area contributed by atoms with E-state index in [-0.39, 0.29) is 0 Å². The van der Waals surface area contributed by atoms with Gasteiger partial charge in [-0.2, -0.15) is 0 Å². The van der Waals surface area contributed by atoms with Crippen LogP contribution in [-0.2, 0) is 13.0 Å². The minimum absolute atomic E-state index is 0.310. The van der Waals surface area contributed by atoms with E-state index in [2.05, 4.69) is 22.9 Å². The molecule has 1 fully saturated rings. The van der Waals surface area contributed by atoms with Crippen LogP contribution in [0.1, 0.15) is 17.5 Å². The largest absolute Gasteiger partial charge is 0.493 e. The Morgan fingerprint density at radius 3 is 2.32 bits per heavy atom. The van der Waals surface area contributed by atoms with Gasteiger partial charge in [-0.3, -0.25) is 0 Å². The van der Waals surface area contributed by atoms with Crippen molar-refractivity contribution >= 4 is 23.2 Å². The number of methoxy groups -OCH3 is 1. The van der Waals surface area contributed by atoms with Gasteiger partial charge in [-0.05, 0) is 50.2 Å². The van der Waals surface area contributed by atoms with Crippen LogP contribution in [0.3, 0.4) is 0 Å². The Bertz CT molecular complexity index is 757. The van der Waals surface area contributed by atoms with Crippen LogP contribution in [0.25, 0.3) is 0 Å². The minimum atomic E-state index is 0.310. The first kappa shape index (κ1) is 21.3. The van der Waals surface area contributed by atoms with Crippen LogP contribution >= 0.6 is 23.2 Å². The summed E-state index contributed by atoms with van der Waals surface area (Å²) in [7, 11) is 3.85. The predicted octanol–water partition coefficient (Wildman–Crippen LogP) is 4.76. The molecule has 1 saturated heterocycles. The molecule has 4 nitrogen and oxygen atoms in total. The molecule has 2 aromatic rings. The van der Waals surface area contributed by atoms with E-state index in [1.807, 2.05) is 30.3 Å². The molecule has 0 atom stereocenters. The van der Waals surface area contributed by atoms with Crippen LogP contribution in [0.2, 0.25) is 10.0 Å². The number of nitrogens with zero attached hydrogens (tertiary/aromatic N) is 2. The maximum Gasteiger partial charge on any atom is 0.164 e. The van der Waals surface area contributed by atoms with Gasteiger partial charge in [-0.15, -0.1) is 0 Å². The number of aryl methyl sites for hydroxylation is 1. The summed E-state index contributed by atoms with van der Waals surface area (Å²) in [5.74, 6) is 1.51. The summed E-state index contributed by atoms with van der Waals surface area (Å²) in [6.45, 7) is 5.98. The number of likely N-dealkylation sites (N-methyl/N-ethyl adjacent to an activating group) is 1. The van der Waals surface area contributed by atoms with Gasteiger partial charge in [0.25, 0.3) is 0 Å². The first-order valence-electron chi connectivity index (χ1n) is 9.71. The highest BCUT2D eigenvalue weighted by molar-refractivity contribution is 6.35. The van der Waals surface area contributed by atoms with Crippen molar-refractivity contribution in [3.8, 4) is 11.5 Å². The first-order chi connectivity index (χ1) is 13.6. The molecule has 0 aromatic heterocycles. The molecule has 1 aliphatic heterocycles. The number of para-hydroxylation sites is 1. The second-order valence-electron chi connectivity index (χ2n) is 7.19. The molecular weight excluding hydrogens is 395 g/mol. The van der Waals surface area contributed by atoms with E-state index in [0.29, 0.717) is 16.7 Å². The lowest BCUT2D eigenvalue weighted by atomic mass is 10.1. The van der Waals surface area contributed by atoms with Crippen LogP contribution < -0.4 is 9.47 Å². The maximum absolute atomic E-state index is 6.28. The second kappa shape index (κ2) is 10.4. The fraction of sp³-hybridized carbons (Fsp3) is 0.455. The molecule has 0 saturated carbocycles. The van der Waals surface area contributed by atoms with Gasteiger partial charge in [0.05, 0.1) is 7.11 Å². The number of rotatable bonds is 8. The SMILES string of the molecule is COc1cccc(CCCN2CCN(C)CC2)c1OCc1c(Cl)cccc1Cl. The molecule has 0 bridgehead atoms. The molecule has 1 heterocycles. The third kappa shape index (κ3) is 5.54. The number of benzene rings is 2. The molecule has 3 rings (SSSR count). The van der Waals surface area contributed by atoms with E-state index < -0.39 is 0 Å². The number of hydrogen-bond donors (Lipinski definition) is 0.